The Kier molecular flexibility index (Phi) is 3.82. The molecule has 0 saturated carbocycles. The summed E-state index contributed by atoms with van der Waals surface area (Å²) in [5.74, 6) is 0. The van der Waals surface area contributed by atoms with Crippen LogP contribution in [0.1, 0.15) is 28.8 Å². The lowest BCUT2D eigenvalue weighted by atomic mass is 9.99. The van der Waals surface area contributed by atoms with Crippen LogP contribution >= 0.6 is 0 Å². The van der Waals surface area contributed by atoms with E-state index in [1.165, 1.54) is 6.07 Å². The van der Waals surface area contributed by atoms with Crippen LogP contribution in [0.5, 0.6) is 0 Å². The van der Waals surface area contributed by atoms with Crippen molar-refractivity contribution in [2.75, 3.05) is 0 Å². The number of hydrogen-bond acceptors (Lipinski definition) is 3. The normalized spacial score (nSPS) is 11.1. The monoisotopic (exact) mass is 261 g/mol. The number of nitrogens with zero attached hydrogens (tertiary/aromatic N) is 3. The van der Waals surface area contributed by atoms with Crippen molar-refractivity contribution in [3.05, 3.63) is 28.6 Å². The van der Waals surface area contributed by atoms with E-state index in [0.29, 0.717) is 6.20 Å². The fourth-order valence-corrected chi connectivity index (χ4v) is 1.41. The predicted molar refractivity (Wildman–Crippen MR) is 48.2 cm³/mol. The maximum Gasteiger partial charge on any atom is 0.419 e. The number of nitriles is 2. The zero-order valence-electron chi connectivity index (χ0n) is 8.59. The highest BCUT2D eigenvalue weighted by Crippen LogP contribution is 2.39. The van der Waals surface area contributed by atoms with E-state index in [0.717, 1.165) is 6.07 Å². The van der Waals surface area contributed by atoms with Gasteiger partial charge >= 0.3 is 6.18 Å². The SMILES string of the molecule is N#CCc1cnc(C#N)c(C(F)(F)F)c1C(F)F. The molecule has 1 rings (SSSR count). The fraction of sp³-hybridized carbons (Fsp3) is 0.300. The largest absolute Gasteiger partial charge is 0.419 e. The van der Waals surface area contributed by atoms with Gasteiger partial charge in [-0.15, -0.1) is 0 Å². The van der Waals surface area contributed by atoms with Gasteiger partial charge in [0.15, 0.2) is 5.69 Å². The number of halogens is 5. The molecule has 0 radical (unpaired) electrons. The Morgan fingerprint density at radius 3 is 2.28 bits per heavy atom. The molecule has 0 aliphatic carbocycles. The molecule has 0 fully saturated rings. The number of pyridine rings is 1. The minimum atomic E-state index is -5.13. The van der Waals surface area contributed by atoms with E-state index >= 15 is 0 Å². The quantitative estimate of drug-likeness (QED) is 0.769. The molecule has 8 heteroatoms. The van der Waals surface area contributed by atoms with Crippen molar-refractivity contribution in [3.63, 3.8) is 0 Å². The Bertz CT molecular complexity index is 536. The molecule has 0 aliphatic rings. The highest BCUT2D eigenvalue weighted by Gasteiger charge is 2.40. The van der Waals surface area contributed by atoms with Crippen molar-refractivity contribution < 1.29 is 22.0 Å². The van der Waals surface area contributed by atoms with E-state index in [4.69, 9.17) is 10.5 Å². The van der Waals surface area contributed by atoms with Crippen LogP contribution in [0.15, 0.2) is 6.20 Å². The molecule has 3 nitrogen and oxygen atoms in total. The summed E-state index contributed by atoms with van der Waals surface area (Å²) in [7, 11) is 0. The second-order valence-electron chi connectivity index (χ2n) is 3.17. The molecule has 18 heavy (non-hydrogen) atoms. The number of alkyl halides is 5. The first-order chi connectivity index (χ1) is 8.32. The fourth-order valence-electron chi connectivity index (χ4n) is 1.41. The van der Waals surface area contributed by atoms with Crippen molar-refractivity contribution in [2.24, 2.45) is 0 Å². The van der Waals surface area contributed by atoms with Crippen molar-refractivity contribution in [1.29, 1.82) is 10.5 Å². The topological polar surface area (TPSA) is 60.5 Å². The minimum Gasteiger partial charge on any atom is -0.245 e. The Balaban J connectivity index is 3.67. The molecular formula is C10H4F5N3. The van der Waals surface area contributed by atoms with Gasteiger partial charge in [-0.2, -0.15) is 23.7 Å². The summed E-state index contributed by atoms with van der Waals surface area (Å²) in [6.45, 7) is 0. The van der Waals surface area contributed by atoms with Crippen LogP contribution in [-0.4, -0.2) is 4.98 Å². The first kappa shape index (κ1) is 13.8. The molecule has 1 heterocycles. The van der Waals surface area contributed by atoms with Crippen LogP contribution in [0.4, 0.5) is 22.0 Å². The predicted octanol–water partition coefficient (Wildman–Crippen LogP) is 2.98. The van der Waals surface area contributed by atoms with E-state index in [1.54, 1.807) is 0 Å². The molecule has 0 N–H and O–H groups in total. The lowest BCUT2D eigenvalue weighted by molar-refractivity contribution is -0.140. The molecule has 1 aromatic rings. The lowest BCUT2D eigenvalue weighted by Gasteiger charge is -2.15. The summed E-state index contributed by atoms with van der Waals surface area (Å²) >= 11 is 0. The molecule has 0 spiro atoms. The lowest BCUT2D eigenvalue weighted by Crippen LogP contribution is -2.16. The van der Waals surface area contributed by atoms with Crippen molar-refractivity contribution in [2.45, 2.75) is 19.0 Å². The Morgan fingerprint density at radius 2 is 1.89 bits per heavy atom. The van der Waals surface area contributed by atoms with Gasteiger partial charge < -0.3 is 0 Å². The van der Waals surface area contributed by atoms with E-state index in [-0.39, 0.29) is 0 Å². The van der Waals surface area contributed by atoms with Gasteiger partial charge in [-0.3, -0.25) is 0 Å². The summed E-state index contributed by atoms with van der Waals surface area (Å²) < 4.78 is 63.4. The Morgan fingerprint density at radius 1 is 1.28 bits per heavy atom. The number of rotatable bonds is 2. The van der Waals surface area contributed by atoms with Crippen LogP contribution in [0, 0.1) is 22.7 Å². The number of aromatic nitrogens is 1. The molecule has 0 amide bonds. The molecule has 0 aromatic carbocycles. The van der Waals surface area contributed by atoms with Crippen LogP contribution in [0.3, 0.4) is 0 Å². The molecule has 0 unspecified atom stereocenters. The van der Waals surface area contributed by atoms with Crippen molar-refractivity contribution in [3.8, 4) is 12.1 Å². The smallest absolute Gasteiger partial charge is 0.245 e. The van der Waals surface area contributed by atoms with Crippen LogP contribution in [0.2, 0.25) is 0 Å². The Hall–Kier alpha value is -2.22. The third kappa shape index (κ3) is 2.54. The van der Waals surface area contributed by atoms with Gasteiger partial charge in [-0.05, 0) is 5.56 Å². The summed E-state index contributed by atoms with van der Waals surface area (Å²) in [5, 5.41) is 16.9. The van der Waals surface area contributed by atoms with Gasteiger partial charge in [0, 0.05) is 11.8 Å². The molecule has 0 bridgehead atoms. The average Bonchev–Trinajstić information content (AvgIpc) is 2.27. The second kappa shape index (κ2) is 4.96. The molecule has 0 saturated heterocycles. The van der Waals surface area contributed by atoms with Gasteiger partial charge in [0.05, 0.1) is 12.5 Å². The van der Waals surface area contributed by atoms with Gasteiger partial charge in [-0.1, -0.05) is 0 Å². The van der Waals surface area contributed by atoms with Crippen LogP contribution < -0.4 is 0 Å². The van der Waals surface area contributed by atoms with E-state index in [2.05, 4.69) is 4.98 Å². The van der Waals surface area contributed by atoms with Gasteiger partial charge in [0.2, 0.25) is 0 Å². The second-order valence-corrected chi connectivity index (χ2v) is 3.17. The summed E-state index contributed by atoms with van der Waals surface area (Å²) in [6, 6.07) is 2.59. The minimum absolute atomic E-state index is 0.529. The summed E-state index contributed by atoms with van der Waals surface area (Å²) in [6.07, 6.45) is -8.52. The maximum atomic E-state index is 12.7. The highest BCUT2D eigenvalue weighted by atomic mass is 19.4. The summed E-state index contributed by atoms with van der Waals surface area (Å²) in [4.78, 5) is 3.16. The Labute approximate surface area is 98.1 Å². The molecule has 94 valence electrons. The first-order valence-corrected chi connectivity index (χ1v) is 4.47. The molecule has 0 atom stereocenters. The zero-order chi connectivity index (χ0) is 13.9. The van der Waals surface area contributed by atoms with Crippen molar-refractivity contribution >= 4 is 0 Å². The third-order valence-electron chi connectivity index (χ3n) is 2.08. The van der Waals surface area contributed by atoms with Gasteiger partial charge in [-0.25, -0.2) is 13.8 Å². The highest BCUT2D eigenvalue weighted by molar-refractivity contribution is 5.45. The van der Waals surface area contributed by atoms with Gasteiger partial charge in [0.25, 0.3) is 6.43 Å². The van der Waals surface area contributed by atoms with Gasteiger partial charge in [0.1, 0.15) is 11.6 Å². The zero-order valence-corrected chi connectivity index (χ0v) is 8.59. The molecule has 1 aromatic heterocycles. The average molecular weight is 261 g/mol. The number of hydrogen-bond donors (Lipinski definition) is 0. The molecular weight excluding hydrogens is 257 g/mol. The third-order valence-corrected chi connectivity index (χ3v) is 2.08. The van der Waals surface area contributed by atoms with Crippen molar-refractivity contribution in [1.82, 2.24) is 4.98 Å². The summed E-state index contributed by atoms with van der Waals surface area (Å²) in [5.41, 5.74) is -4.78. The van der Waals surface area contributed by atoms with E-state index in [9.17, 15) is 22.0 Å². The standard InChI is InChI=1S/C10H4F5N3/c11-9(12)7-5(1-2-16)4-18-6(3-17)8(7)10(13,14)15/h4,9H,1H2. The molecule has 0 aliphatic heterocycles. The van der Waals surface area contributed by atoms with E-state index in [1.807, 2.05) is 0 Å². The van der Waals surface area contributed by atoms with Crippen LogP contribution in [0.25, 0.3) is 0 Å². The first-order valence-electron chi connectivity index (χ1n) is 4.47. The maximum absolute atomic E-state index is 12.7. The van der Waals surface area contributed by atoms with Crippen LogP contribution in [-0.2, 0) is 12.6 Å². The van der Waals surface area contributed by atoms with E-state index < -0.39 is 41.4 Å².